The van der Waals surface area contributed by atoms with Crippen LogP contribution in [-0.2, 0) is 14.3 Å². The Morgan fingerprint density at radius 2 is 1.73 bits per heavy atom. The molecule has 4 aliphatic rings. The summed E-state index contributed by atoms with van der Waals surface area (Å²) in [7, 11) is 0. The van der Waals surface area contributed by atoms with E-state index in [-0.39, 0.29) is 5.41 Å². The van der Waals surface area contributed by atoms with Crippen molar-refractivity contribution in [3.8, 4) is 0 Å². The van der Waals surface area contributed by atoms with Crippen molar-refractivity contribution in [1.29, 1.82) is 0 Å². The predicted octanol–water partition coefficient (Wildman–Crippen LogP) is 2.81. The topological polar surface area (TPSA) is 38.8 Å². The van der Waals surface area contributed by atoms with Crippen LogP contribution in [0.3, 0.4) is 0 Å². The third-order valence-corrected chi connectivity index (χ3v) is 6.34. The molecule has 0 aromatic carbocycles. The van der Waals surface area contributed by atoms with Crippen LogP contribution in [0.25, 0.3) is 0 Å². The first-order valence-electron chi connectivity index (χ1n) is 9.03. The molecule has 2 bridgehead atoms. The number of carbonyl (C=O) groups excluding carboxylic acids is 1. The van der Waals surface area contributed by atoms with E-state index in [0.29, 0.717) is 17.7 Å². The highest BCUT2D eigenvalue weighted by atomic mass is 16.7. The first-order chi connectivity index (χ1) is 10.5. The standard InChI is InChI=1S/C18H29NO3/c1-17(2)11-21-18(22-12-17)5-7-19(8-6-18)16(20)15-10-13-3-4-14(15)9-13/h13-15H,3-12H2,1-2H3/t13-,14-,15-/m1/s1. The smallest absolute Gasteiger partial charge is 0.225 e. The van der Waals surface area contributed by atoms with Crippen LogP contribution >= 0.6 is 0 Å². The Kier molecular flexibility index (Phi) is 3.53. The van der Waals surface area contributed by atoms with E-state index in [1.54, 1.807) is 0 Å². The molecule has 4 rings (SSSR count). The van der Waals surface area contributed by atoms with E-state index < -0.39 is 5.79 Å². The van der Waals surface area contributed by atoms with E-state index in [2.05, 4.69) is 18.7 Å². The number of nitrogens with zero attached hydrogens (tertiary/aromatic N) is 1. The van der Waals surface area contributed by atoms with Gasteiger partial charge in [-0.1, -0.05) is 20.3 Å². The summed E-state index contributed by atoms with van der Waals surface area (Å²) >= 11 is 0. The lowest BCUT2D eigenvalue weighted by Crippen LogP contribution is -2.55. The minimum atomic E-state index is -0.416. The molecule has 0 aromatic rings. The third kappa shape index (κ3) is 2.58. The molecule has 4 nitrogen and oxygen atoms in total. The SMILES string of the molecule is CC1(C)COC2(CCN(C(=O)[C@@H]3C[C@@H]4CC[C@@H]3C4)CC2)OC1. The number of ether oxygens (including phenoxy) is 2. The van der Waals surface area contributed by atoms with E-state index in [4.69, 9.17) is 9.47 Å². The maximum absolute atomic E-state index is 12.8. The number of amides is 1. The number of fused-ring (bicyclic) bond motifs is 2. The van der Waals surface area contributed by atoms with Gasteiger partial charge in [0.1, 0.15) is 0 Å². The van der Waals surface area contributed by atoms with Gasteiger partial charge >= 0.3 is 0 Å². The van der Waals surface area contributed by atoms with Crippen molar-refractivity contribution in [2.75, 3.05) is 26.3 Å². The molecule has 4 heteroatoms. The fourth-order valence-corrected chi connectivity index (χ4v) is 4.88. The Labute approximate surface area is 133 Å². The molecule has 4 fully saturated rings. The van der Waals surface area contributed by atoms with Gasteiger partial charge in [-0.3, -0.25) is 4.79 Å². The van der Waals surface area contributed by atoms with Crippen molar-refractivity contribution in [2.45, 2.75) is 58.2 Å². The van der Waals surface area contributed by atoms with Crippen LogP contribution in [-0.4, -0.2) is 42.9 Å². The Bertz CT molecular complexity index is 441. The second-order valence-electron chi connectivity index (χ2n) is 8.76. The molecule has 0 radical (unpaired) electrons. The number of carbonyl (C=O) groups is 1. The Hall–Kier alpha value is -0.610. The van der Waals surface area contributed by atoms with E-state index in [0.717, 1.165) is 51.5 Å². The third-order valence-electron chi connectivity index (χ3n) is 6.34. The second kappa shape index (κ2) is 5.20. The van der Waals surface area contributed by atoms with E-state index in [1.807, 2.05) is 0 Å². The van der Waals surface area contributed by atoms with Gasteiger partial charge in [0.2, 0.25) is 5.91 Å². The van der Waals surface area contributed by atoms with Gasteiger partial charge in [-0.05, 0) is 31.1 Å². The molecule has 1 spiro atoms. The van der Waals surface area contributed by atoms with E-state index in [9.17, 15) is 4.79 Å². The molecule has 0 N–H and O–H groups in total. The highest BCUT2D eigenvalue weighted by Gasteiger charge is 2.47. The number of hydrogen-bond acceptors (Lipinski definition) is 3. The lowest BCUT2D eigenvalue weighted by molar-refractivity contribution is -0.312. The summed E-state index contributed by atoms with van der Waals surface area (Å²) in [5.41, 5.74) is 0.112. The Morgan fingerprint density at radius 1 is 1.05 bits per heavy atom. The first kappa shape index (κ1) is 14.9. The van der Waals surface area contributed by atoms with Gasteiger partial charge in [-0.2, -0.15) is 0 Å². The zero-order chi connectivity index (χ0) is 15.4. The van der Waals surface area contributed by atoms with Crippen LogP contribution < -0.4 is 0 Å². The maximum Gasteiger partial charge on any atom is 0.225 e. The summed E-state index contributed by atoms with van der Waals surface area (Å²) in [4.78, 5) is 14.9. The molecule has 0 unspecified atom stereocenters. The van der Waals surface area contributed by atoms with Gasteiger partial charge in [0.05, 0.1) is 13.2 Å². The first-order valence-corrected chi connectivity index (χ1v) is 9.03. The number of piperidine rings is 1. The van der Waals surface area contributed by atoms with Crippen LogP contribution in [0.5, 0.6) is 0 Å². The van der Waals surface area contributed by atoms with Gasteiger partial charge in [0.15, 0.2) is 5.79 Å². The minimum Gasteiger partial charge on any atom is -0.349 e. The lowest BCUT2D eigenvalue weighted by atomic mass is 9.87. The molecule has 2 heterocycles. The molecule has 2 saturated heterocycles. The van der Waals surface area contributed by atoms with Crippen molar-refractivity contribution in [2.24, 2.45) is 23.2 Å². The largest absolute Gasteiger partial charge is 0.349 e. The monoisotopic (exact) mass is 307 g/mol. The highest BCUT2D eigenvalue weighted by Crippen LogP contribution is 2.49. The molecule has 2 saturated carbocycles. The zero-order valence-electron chi connectivity index (χ0n) is 14.0. The molecule has 2 aliphatic heterocycles. The van der Waals surface area contributed by atoms with Gasteiger partial charge in [0, 0.05) is 37.3 Å². The zero-order valence-corrected chi connectivity index (χ0v) is 14.0. The lowest BCUT2D eigenvalue weighted by Gasteiger charge is -2.47. The van der Waals surface area contributed by atoms with Crippen molar-refractivity contribution >= 4 is 5.91 Å². The molecule has 1 amide bonds. The average Bonchev–Trinajstić information content (AvgIpc) is 3.14. The van der Waals surface area contributed by atoms with Crippen LogP contribution in [0, 0.1) is 23.2 Å². The molecular formula is C18H29NO3. The van der Waals surface area contributed by atoms with E-state index >= 15 is 0 Å². The second-order valence-corrected chi connectivity index (χ2v) is 8.76. The molecule has 124 valence electrons. The molecular weight excluding hydrogens is 278 g/mol. The quantitative estimate of drug-likeness (QED) is 0.748. The molecule has 22 heavy (non-hydrogen) atoms. The van der Waals surface area contributed by atoms with Crippen molar-refractivity contribution in [3.63, 3.8) is 0 Å². The molecule has 2 aliphatic carbocycles. The van der Waals surface area contributed by atoms with E-state index in [1.165, 1.54) is 19.3 Å². The van der Waals surface area contributed by atoms with Crippen LogP contribution in [0.2, 0.25) is 0 Å². The average molecular weight is 307 g/mol. The molecule has 0 aromatic heterocycles. The van der Waals surface area contributed by atoms with Gasteiger partial charge in [-0.15, -0.1) is 0 Å². The normalized spacial score (nSPS) is 39.4. The van der Waals surface area contributed by atoms with Crippen molar-refractivity contribution in [3.05, 3.63) is 0 Å². The summed E-state index contributed by atoms with van der Waals surface area (Å²) < 4.78 is 12.1. The summed E-state index contributed by atoms with van der Waals surface area (Å²) in [6, 6.07) is 0. The maximum atomic E-state index is 12.8. The van der Waals surface area contributed by atoms with Gasteiger partial charge < -0.3 is 14.4 Å². The number of rotatable bonds is 1. The number of hydrogen-bond donors (Lipinski definition) is 0. The summed E-state index contributed by atoms with van der Waals surface area (Å²) in [5.74, 6) is 1.83. The number of likely N-dealkylation sites (tertiary alicyclic amines) is 1. The van der Waals surface area contributed by atoms with Gasteiger partial charge in [-0.25, -0.2) is 0 Å². The Morgan fingerprint density at radius 3 is 2.27 bits per heavy atom. The van der Waals surface area contributed by atoms with Crippen molar-refractivity contribution < 1.29 is 14.3 Å². The minimum absolute atomic E-state index is 0.112. The van der Waals surface area contributed by atoms with Crippen LogP contribution in [0.4, 0.5) is 0 Å². The van der Waals surface area contributed by atoms with Crippen LogP contribution in [0.1, 0.15) is 52.4 Å². The fourth-order valence-electron chi connectivity index (χ4n) is 4.88. The summed E-state index contributed by atoms with van der Waals surface area (Å²) in [6.45, 7) is 7.46. The van der Waals surface area contributed by atoms with Crippen molar-refractivity contribution in [1.82, 2.24) is 4.90 Å². The molecule has 3 atom stereocenters. The fraction of sp³-hybridized carbons (Fsp3) is 0.944. The summed E-state index contributed by atoms with van der Waals surface area (Å²) in [6.07, 6.45) is 6.74. The summed E-state index contributed by atoms with van der Waals surface area (Å²) in [5, 5.41) is 0. The highest BCUT2D eigenvalue weighted by molar-refractivity contribution is 5.79. The van der Waals surface area contributed by atoms with Gasteiger partial charge in [0.25, 0.3) is 0 Å². The Balaban J connectivity index is 1.33. The van der Waals surface area contributed by atoms with Crippen LogP contribution in [0.15, 0.2) is 0 Å². The predicted molar refractivity (Wildman–Crippen MR) is 83.2 cm³/mol.